The standard InChI is InChI=1S/C17H21F4N5O2/c18-11-5-15(25-3-1-10(8-25)6-17(19,20)21)26-13(11)7-22-16(24-26)23-12-2-4-28-9-14(12)27/h5,7,10,12,14,27H,1-4,6,8-9H2,(H,23,24)/t10-,12-,14-/m1/s1. The third-order valence-electron chi connectivity index (χ3n) is 5.22. The number of halogens is 4. The first-order valence-corrected chi connectivity index (χ1v) is 9.18. The first kappa shape index (κ1) is 19.2. The molecule has 2 aromatic rings. The number of aliphatic hydroxyl groups excluding tert-OH is 1. The molecule has 2 N–H and O–H groups in total. The smallest absolute Gasteiger partial charge is 0.389 e. The number of rotatable bonds is 4. The Kier molecular flexibility index (Phi) is 5.04. The minimum Gasteiger partial charge on any atom is -0.389 e. The van der Waals surface area contributed by atoms with Gasteiger partial charge in [-0.2, -0.15) is 13.2 Å². The van der Waals surface area contributed by atoms with Gasteiger partial charge in [-0.15, -0.1) is 5.10 Å². The van der Waals surface area contributed by atoms with E-state index in [0.29, 0.717) is 31.8 Å². The minimum absolute atomic E-state index is 0.146. The summed E-state index contributed by atoms with van der Waals surface area (Å²) in [4.78, 5) is 5.81. The Bertz CT molecular complexity index is 843. The van der Waals surface area contributed by atoms with Gasteiger partial charge in [-0.1, -0.05) is 0 Å². The largest absolute Gasteiger partial charge is 0.389 e. The van der Waals surface area contributed by atoms with Crippen LogP contribution in [0.5, 0.6) is 0 Å². The summed E-state index contributed by atoms with van der Waals surface area (Å²) in [7, 11) is 0. The van der Waals surface area contributed by atoms with Crippen molar-refractivity contribution in [3.05, 3.63) is 18.1 Å². The fraction of sp³-hybridized carbons (Fsp3) is 0.647. The lowest BCUT2D eigenvalue weighted by atomic mass is 10.1. The zero-order valence-corrected chi connectivity index (χ0v) is 15.0. The topological polar surface area (TPSA) is 74.9 Å². The van der Waals surface area contributed by atoms with E-state index in [1.807, 2.05) is 0 Å². The van der Waals surface area contributed by atoms with Gasteiger partial charge >= 0.3 is 6.18 Å². The number of anilines is 2. The molecule has 4 rings (SSSR count). The van der Waals surface area contributed by atoms with Crippen LogP contribution >= 0.6 is 0 Å². The molecule has 4 heterocycles. The SMILES string of the molecule is O[C@@H]1COCC[C@H]1Nc1ncc2c(F)cc(N3CC[C@H](CC(F)(F)F)C3)n2n1. The minimum atomic E-state index is -4.21. The number of hydrogen-bond acceptors (Lipinski definition) is 6. The number of fused-ring (bicyclic) bond motifs is 1. The summed E-state index contributed by atoms with van der Waals surface area (Å²) in [5.74, 6) is -0.450. The van der Waals surface area contributed by atoms with E-state index < -0.39 is 30.4 Å². The lowest BCUT2D eigenvalue weighted by Crippen LogP contribution is -2.42. The normalized spacial score (nSPS) is 26.2. The van der Waals surface area contributed by atoms with Crippen molar-refractivity contribution in [1.82, 2.24) is 14.6 Å². The molecular weight excluding hydrogens is 382 g/mol. The summed E-state index contributed by atoms with van der Waals surface area (Å²) < 4.78 is 58.8. The van der Waals surface area contributed by atoms with E-state index in [0.717, 1.165) is 0 Å². The highest BCUT2D eigenvalue weighted by Crippen LogP contribution is 2.33. The number of aliphatic hydroxyl groups is 1. The number of nitrogens with zero attached hydrogens (tertiary/aromatic N) is 4. The van der Waals surface area contributed by atoms with E-state index in [4.69, 9.17) is 4.74 Å². The highest BCUT2D eigenvalue weighted by Gasteiger charge is 2.36. The number of aromatic nitrogens is 3. The third-order valence-corrected chi connectivity index (χ3v) is 5.22. The zero-order valence-electron chi connectivity index (χ0n) is 15.0. The predicted octanol–water partition coefficient (Wildman–Crippen LogP) is 2.21. The molecule has 154 valence electrons. The Morgan fingerprint density at radius 3 is 2.89 bits per heavy atom. The van der Waals surface area contributed by atoms with Crippen molar-refractivity contribution in [1.29, 1.82) is 0 Å². The Morgan fingerprint density at radius 1 is 1.32 bits per heavy atom. The van der Waals surface area contributed by atoms with Crippen molar-refractivity contribution in [2.75, 3.05) is 36.5 Å². The van der Waals surface area contributed by atoms with Crippen LogP contribution in [0.4, 0.5) is 29.3 Å². The molecule has 2 aliphatic rings. The zero-order chi connectivity index (χ0) is 19.9. The number of hydrogen-bond donors (Lipinski definition) is 2. The summed E-state index contributed by atoms with van der Waals surface area (Å²) >= 11 is 0. The second kappa shape index (κ2) is 7.36. The maximum absolute atomic E-state index is 14.3. The molecule has 2 fully saturated rings. The van der Waals surface area contributed by atoms with E-state index in [2.05, 4.69) is 15.4 Å². The third kappa shape index (κ3) is 4.00. The van der Waals surface area contributed by atoms with Gasteiger partial charge in [-0.3, -0.25) is 0 Å². The van der Waals surface area contributed by atoms with Crippen molar-refractivity contribution in [2.45, 2.75) is 37.6 Å². The number of ether oxygens (including phenoxy) is 1. The van der Waals surface area contributed by atoms with Crippen LogP contribution in [0, 0.1) is 11.7 Å². The van der Waals surface area contributed by atoms with E-state index in [1.54, 1.807) is 4.90 Å². The Morgan fingerprint density at radius 2 is 2.14 bits per heavy atom. The Hall–Kier alpha value is -2.14. The van der Waals surface area contributed by atoms with Gasteiger partial charge in [0.15, 0.2) is 5.82 Å². The van der Waals surface area contributed by atoms with Gasteiger partial charge in [0, 0.05) is 32.2 Å². The number of nitrogens with one attached hydrogen (secondary N) is 1. The van der Waals surface area contributed by atoms with Crippen molar-refractivity contribution < 1.29 is 27.4 Å². The van der Waals surface area contributed by atoms with Crippen molar-refractivity contribution in [3.8, 4) is 0 Å². The quantitative estimate of drug-likeness (QED) is 0.763. The molecular formula is C17H21F4N5O2. The molecule has 11 heteroatoms. The fourth-order valence-corrected chi connectivity index (χ4v) is 3.82. The van der Waals surface area contributed by atoms with Crippen LogP contribution in [0.1, 0.15) is 19.3 Å². The van der Waals surface area contributed by atoms with Crippen LogP contribution in [0.15, 0.2) is 12.3 Å². The molecule has 3 atom stereocenters. The summed E-state index contributed by atoms with van der Waals surface area (Å²) in [5.41, 5.74) is 0.146. The molecule has 0 unspecified atom stereocenters. The second-order valence-electron chi connectivity index (χ2n) is 7.33. The van der Waals surface area contributed by atoms with Crippen LogP contribution in [0.3, 0.4) is 0 Å². The van der Waals surface area contributed by atoms with Gasteiger partial charge in [-0.25, -0.2) is 13.9 Å². The first-order valence-electron chi connectivity index (χ1n) is 9.18. The summed E-state index contributed by atoms with van der Waals surface area (Å²) in [6.07, 6.45) is -3.49. The molecule has 0 aliphatic carbocycles. The lowest BCUT2D eigenvalue weighted by molar-refractivity contribution is -0.142. The molecule has 0 spiro atoms. The molecule has 0 aromatic carbocycles. The summed E-state index contributed by atoms with van der Waals surface area (Å²) in [6, 6.07) is 0.977. The van der Waals surface area contributed by atoms with Crippen LogP contribution < -0.4 is 10.2 Å². The van der Waals surface area contributed by atoms with Crippen LogP contribution in [-0.4, -0.2) is 64.3 Å². The average molecular weight is 403 g/mol. The summed E-state index contributed by atoms with van der Waals surface area (Å²) in [6.45, 7) is 1.29. The van der Waals surface area contributed by atoms with E-state index in [1.165, 1.54) is 16.8 Å². The van der Waals surface area contributed by atoms with Crippen LogP contribution in [0.2, 0.25) is 0 Å². The van der Waals surface area contributed by atoms with E-state index in [9.17, 15) is 22.7 Å². The molecule has 0 radical (unpaired) electrons. The second-order valence-corrected chi connectivity index (χ2v) is 7.33. The Balaban J connectivity index is 1.55. The molecule has 7 nitrogen and oxygen atoms in total. The predicted molar refractivity (Wildman–Crippen MR) is 92.8 cm³/mol. The van der Waals surface area contributed by atoms with Gasteiger partial charge in [0.25, 0.3) is 0 Å². The molecule has 0 bridgehead atoms. The van der Waals surface area contributed by atoms with Gasteiger partial charge < -0.3 is 20.1 Å². The molecule has 0 saturated carbocycles. The maximum atomic E-state index is 14.3. The van der Waals surface area contributed by atoms with Crippen LogP contribution in [-0.2, 0) is 4.74 Å². The molecule has 2 aliphatic heterocycles. The maximum Gasteiger partial charge on any atom is 0.389 e. The monoisotopic (exact) mass is 403 g/mol. The molecule has 0 amide bonds. The van der Waals surface area contributed by atoms with Crippen molar-refractivity contribution in [3.63, 3.8) is 0 Å². The lowest BCUT2D eigenvalue weighted by Gasteiger charge is -2.28. The van der Waals surface area contributed by atoms with E-state index in [-0.39, 0.29) is 30.7 Å². The first-order chi connectivity index (χ1) is 13.3. The van der Waals surface area contributed by atoms with Crippen molar-refractivity contribution in [2.24, 2.45) is 5.92 Å². The van der Waals surface area contributed by atoms with Gasteiger partial charge in [0.05, 0.1) is 24.9 Å². The molecule has 2 aromatic heterocycles. The molecule has 28 heavy (non-hydrogen) atoms. The fourth-order valence-electron chi connectivity index (χ4n) is 3.82. The molecule has 2 saturated heterocycles. The van der Waals surface area contributed by atoms with Crippen LogP contribution in [0.25, 0.3) is 5.52 Å². The van der Waals surface area contributed by atoms with Gasteiger partial charge in [0.1, 0.15) is 11.3 Å². The number of alkyl halides is 3. The Labute approximate surface area is 158 Å². The van der Waals surface area contributed by atoms with Gasteiger partial charge in [0.2, 0.25) is 5.95 Å². The van der Waals surface area contributed by atoms with Gasteiger partial charge in [-0.05, 0) is 18.8 Å². The summed E-state index contributed by atoms with van der Waals surface area (Å²) in [5, 5.41) is 17.3. The highest BCUT2D eigenvalue weighted by atomic mass is 19.4. The average Bonchev–Trinajstić information content (AvgIpc) is 3.20. The van der Waals surface area contributed by atoms with Crippen molar-refractivity contribution >= 4 is 17.3 Å². The van der Waals surface area contributed by atoms with E-state index >= 15 is 0 Å². The highest BCUT2D eigenvalue weighted by molar-refractivity contribution is 5.59.